The number of hydrogen-bond acceptors (Lipinski definition) is 1. The Bertz CT molecular complexity index is 126. The maximum atomic E-state index is 9.98. The van der Waals surface area contributed by atoms with Gasteiger partial charge in [-0.1, -0.05) is 66.2 Å². The fourth-order valence-corrected chi connectivity index (χ4v) is 1.53. The van der Waals surface area contributed by atoms with Crippen molar-refractivity contribution in [3.8, 4) is 0 Å². The van der Waals surface area contributed by atoms with E-state index >= 15 is 0 Å². The topological polar surface area (TPSA) is 17.1 Å². The van der Waals surface area contributed by atoms with Gasteiger partial charge in [0.05, 0.1) is 0 Å². The summed E-state index contributed by atoms with van der Waals surface area (Å²) < 4.78 is 9.98. The molecule has 0 rings (SSSR count). The zero-order valence-corrected chi connectivity index (χ0v) is 14.4. The summed E-state index contributed by atoms with van der Waals surface area (Å²) in [7, 11) is -0.183. The minimum Gasteiger partial charge on any atom is -0.384 e. The summed E-state index contributed by atoms with van der Waals surface area (Å²) in [6, 6.07) is 0. The lowest BCUT2D eigenvalue weighted by Gasteiger charge is -2.01. The lowest BCUT2D eigenvalue weighted by atomic mass is 10.1. The van der Waals surface area contributed by atoms with Crippen molar-refractivity contribution in [1.29, 1.82) is 0 Å². The molecule has 15 heavy (non-hydrogen) atoms. The quantitative estimate of drug-likeness (QED) is 0.514. The SMILES string of the molecule is CC(C)(C)[Si]=O.CCCCCCC[CH2][AlH2]. The molecule has 0 atom stereocenters. The van der Waals surface area contributed by atoms with Crippen molar-refractivity contribution >= 4 is 25.7 Å². The Hall–Kier alpha value is 0.549. The van der Waals surface area contributed by atoms with E-state index < -0.39 is 0 Å². The molecule has 3 heteroatoms. The highest BCUT2D eigenvalue weighted by Gasteiger charge is 2.07. The number of unbranched alkanes of at least 4 members (excludes halogenated alkanes) is 5. The van der Waals surface area contributed by atoms with E-state index in [0.717, 1.165) is 0 Å². The Balaban J connectivity index is 0. The van der Waals surface area contributed by atoms with Gasteiger partial charge in [0.2, 0.25) is 16.3 Å². The molecule has 0 aromatic rings. The van der Waals surface area contributed by atoms with Gasteiger partial charge in [-0.05, 0) is 0 Å². The van der Waals surface area contributed by atoms with Gasteiger partial charge in [-0.25, -0.2) is 0 Å². The first-order valence-electron chi connectivity index (χ1n) is 6.37. The first-order chi connectivity index (χ1) is 6.97. The first-order valence-corrected chi connectivity index (χ1v) is 8.69. The van der Waals surface area contributed by atoms with Gasteiger partial charge in [0.25, 0.3) is 0 Å². The molecule has 0 aromatic carbocycles. The summed E-state index contributed by atoms with van der Waals surface area (Å²) in [6.45, 7) is 8.10. The van der Waals surface area contributed by atoms with Crippen molar-refractivity contribution in [3.63, 3.8) is 0 Å². The summed E-state index contributed by atoms with van der Waals surface area (Å²) in [5.41, 5.74) is 0. The predicted octanol–water partition coefficient (Wildman–Crippen LogP) is 3.65. The molecule has 0 saturated carbocycles. The second-order valence-corrected chi connectivity index (χ2v) is 7.82. The summed E-state index contributed by atoms with van der Waals surface area (Å²) in [4.78, 5) is 0. The fourth-order valence-electron chi connectivity index (χ4n) is 1.03. The van der Waals surface area contributed by atoms with Crippen LogP contribution in [0, 0.1) is 0 Å². The molecule has 0 aliphatic heterocycles. The van der Waals surface area contributed by atoms with E-state index in [0.29, 0.717) is 0 Å². The van der Waals surface area contributed by atoms with Crippen molar-refractivity contribution in [3.05, 3.63) is 0 Å². The molecule has 0 N–H and O–H groups in total. The van der Waals surface area contributed by atoms with Crippen molar-refractivity contribution in [2.75, 3.05) is 0 Å². The van der Waals surface area contributed by atoms with Gasteiger partial charge in [-0.3, -0.25) is 0 Å². The van der Waals surface area contributed by atoms with Crippen molar-refractivity contribution in [2.45, 2.75) is 76.5 Å². The molecule has 0 amide bonds. The lowest BCUT2D eigenvalue weighted by Crippen LogP contribution is -1.97. The Morgan fingerprint density at radius 1 is 1.00 bits per heavy atom. The number of hydrogen-bond donors (Lipinski definition) is 0. The van der Waals surface area contributed by atoms with Crippen molar-refractivity contribution in [2.24, 2.45) is 0 Å². The molecule has 0 aliphatic rings. The second-order valence-electron chi connectivity index (χ2n) is 5.12. The van der Waals surface area contributed by atoms with E-state index in [1.807, 2.05) is 20.8 Å². The summed E-state index contributed by atoms with van der Waals surface area (Å²) >= 11 is 1.41. The zero-order chi connectivity index (χ0) is 12.2. The van der Waals surface area contributed by atoms with Crippen LogP contribution in [-0.2, 0) is 4.46 Å². The van der Waals surface area contributed by atoms with E-state index in [4.69, 9.17) is 0 Å². The average Bonchev–Trinajstić information content (AvgIpc) is 2.18. The van der Waals surface area contributed by atoms with E-state index in [-0.39, 0.29) is 14.4 Å². The third-order valence-corrected chi connectivity index (χ3v) is 3.33. The van der Waals surface area contributed by atoms with Crippen LogP contribution < -0.4 is 0 Å². The van der Waals surface area contributed by atoms with Gasteiger partial charge in [-0.15, -0.1) is 5.28 Å². The second kappa shape index (κ2) is 12.6. The van der Waals surface area contributed by atoms with Gasteiger partial charge < -0.3 is 4.46 Å². The molecule has 0 aromatic heterocycles. The molecule has 0 unspecified atom stereocenters. The molecule has 89 valence electrons. The first kappa shape index (κ1) is 17.9. The Kier molecular flexibility index (Phi) is 15.1. The van der Waals surface area contributed by atoms with E-state index in [9.17, 15) is 4.46 Å². The van der Waals surface area contributed by atoms with Crippen LogP contribution in [-0.4, -0.2) is 25.7 Å². The van der Waals surface area contributed by atoms with Gasteiger partial charge in [0.1, 0.15) is 0 Å². The Morgan fingerprint density at radius 3 is 1.73 bits per heavy atom. The maximum absolute atomic E-state index is 9.98. The lowest BCUT2D eigenvalue weighted by molar-refractivity contribution is 0.547. The Labute approximate surface area is 107 Å². The standard InChI is InChI=1S/C8H17.C4H9OSi.Al.2H/c1-3-5-7-8-6-4-2;1-4(2,3)6-5;;;/h1,3-8H2,2H3;1-3H3;;;. The average molecular weight is 243 g/mol. The monoisotopic (exact) mass is 243 g/mol. The highest BCUT2D eigenvalue weighted by molar-refractivity contribution is 6.21. The molecule has 1 nitrogen and oxygen atoms in total. The zero-order valence-electron chi connectivity index (χ0n) is 11.4. The normalized spacial score (nSPS) is 10.4. The maximum Gasteiger partial charge on any atom is 0.332 e. The molecule has 0 spiro atoms. The summed E-state index contributed by atoms with van der Waals surface area (Å²) in [6.07, 6.45) is 8.76. The van der Waals surface area contributed by atoms with Crippen LogP contribution in [0.4, 0.5) is 0 Å². The third-order valence-electron chi connectivity index (χ3n) is 2.01. The van der Waals surface area contributed by atoms with Crippen LogP contribution in [0.5, 0.6) is 0 Å². The van der Waals surface area contributed by atoms with Gasteiger partial charge in [-0.2, -0.15) is 0 Å². The fraction of sp³-hybridized carbons (Fsp3) is 1.00. The van der Waals surface area contributed by atoms with E-state index in [2.05, 4.69) is 6.92 Å². The highest BCUT2D eigenvalue weighted by atomic mass is 28.2. The van der Waals surface area contributed by atoms with Crippen LogP contribution in [0.2, 0.25) is 10.3 Å². The summed E-state index contributed by atoms with van der Waals surface area (Å²) in [5, 5.41) is 1.52. The van der Waals surface area contributed by atoms with Gasteiger partial charge >= 0.3 is 9.41 Å². The molecule has 0 bridgehead atoms. The van der Waals surface area contributed by atoms with Crippen molar-refractivity contribution < 1.29 is 4.46 Å². The van der Waals surface area contributed by atoms with Crippen LogP contribution in [0.3, 0.4) is 0 Å². The Morgan fingerprint density at radius 2 is 1.40 bits per heavy atom. The summed E-state index contributed by atoms with van der Waals surface area (Å²) in [5.74, 6) is 0. The van der Waals surface area contributed by atoms with Crippen LogP contribution >= 0.6 is 0 Å². The minimum absolute atomic E-state index is 0.0139. The smallest absolute Gasteiger partial charge is 0.332 e. The molecule has 1 radical (unpaired) electrons. The largest absolute Gasteiger partial charge is 0.384 e. The molecular weight excluding hydrogens is 215 g/mol. The number of rotatable bonds is 6. The van der Waals surface area contributed by atoms with Gasteiger partial charge in [0, 0.05) is 5.04 Å². The molecule has 0 saturated heterocycles. The van der Waals surface area contributed by atoms with Crippen LogP contribution in [0.1, 0.15) is 66.2 Å². The van der Waals surface area contributed by atoms with Crippen molar-refractivity contribution in [1.82, 2.24) is 0 Å². The molecule has 0 aliphatic carbocycles. The molecule has 0 heterocycles. The predicted molar refractivity (Wildman–Crippen MR) is 72.9 cm³/mol. The van der Waals surface area contributed by atoms with Gasteiger partial charge in [0.15, 0.2) is 0 Å². The van der Waals surface area contributed by atoms with Crippen LogP contribution in [0.15, 0.2) is 0 Å². The molecule has 0 fully saturated rings. The minimum atomic E-state index is -0.183. The van der Waals surface area contributed by atoms with Crippen LogP contribution in [0.25, 0.3) is 0 Å². The third kappa shape index (κ3) is 25.1. The van der Waals surface area contributed by atoms with E-state index in [1.165, 1.54) is 60.1 Å². The molecular formula is C12H28AlOSi. The highest BCUT2D eigenvalue weighted by Crippen LogP contribution is 2.15. The van der Waals surface area contributed by atoms with E-state index in [1.54, 1.807) is 0 Å².